The monoisotopic (exact) mass is 701 g/mol. The minimum atomic E-state index is -6.32. The molecule has 21 heteroatoms. The average molecular weight is 701 g/mol. The number of rotatable bonds is 4. The van der Waals surface area contributed by atoms with E-state index >= 15 is 0 Å². The highest BCUT2D eigenvalue weighted by atomic mass is 31.1. The molecule has 3 aromatic rings. The Bertz CT molecular complexity index is 1400. The number of hydrogen-bond acceptors (Lipinski definition) is 2. The molecule has 0 amide bonds. The van der Waals surface area contributed by atoms with Gasteiger partial charge in [-0.25, -0.2) is 4.98 Å². The third-order valence-corrected chi connectivity index (χ3v) is 8.26. The van der Waals surface area contributed by atoms with E-state index in [1.54, 1.807) is 0 Å². The van der Waals surface area contributed by atoms with Gasteiger partial charge in [0.05, 0.1) is 45.9 Å². The third kappa shape index (κ3) is 7.69. The van der Waals surface area contributed by atoms with Gasteiger partial charge in [0, 0.05) is 24.6 Å². The summed E-state index contributed by atoms with van der Waals surface area (Å²) in [5.74, 6) is -0.817. The molecule has 2 aromatic carbocycles. The molecule has 0 aliphatic carbocycles. The Morgan fingerprint density at radius 1 is 0.489 bits per heavy atom. The second-order valence-corrected chi connectivity index (χ2v) is 10.7. The van der Waals surface area contributed by atoms with Crippen molar-refractivity contribution in [3.63, 3.8) is 0 Å². The van der Waals surface area contributed by atoms with E-state index in [1.165, 1.54) is 0 Å². The van der Waals surface area contributed by atoms with Crippen molar-refractivity contribution in [3.05, 3.63) is 75.8 Å². The Kier molecular flexibility index (Phi) is 9.14. The van der Waals surface area contributed by atoms with Crippen LogP contribution in [0.4, 0.5) is 79.0 Å². The third-order valence-electron chi connectivity index (χ3n) is 5.69. The second-order valence-electron chi connectivity index (χ2n) is 8.70. The van der Waals surface area contributed by atoms with Crippen LogP contribution in [-0.4, -0.2) is 12.1 Å². The Morgan fingerprint density at radius 2 is 0.800 bits per heavy atom. The summed E-state index contributed by atoms with van der Waals surface area (Å²) in [5, 5.41) is -5.15. The predicted molar refractivity (Wildman–Crippen MR) is 120 cm³/mol. The molecule has 0 spiro atoms. The summed E-state index contributed by atoms with van der Waals surface area (Å²) < 4.78 is 256. The molecule has 0 saturated heterocycles. The minimum Gasteiger partial charge on any atom is -0.481 e. The first kappa shape index (κ1) is 36.0. The molecule has 2 nitrogen and oxygen atoms in total. The van der Waals surface area contributed by atoms with E-state index in [2.05, 4.69) is 9.72 Å². The number of ether oxygens (including phenoxy) is 1. The molecule has 0 N–H and O–H groups in total. The SMILES string of the molecule is COc1cccc(P(c2c(C(F)(F)F)cc(C(F)(F)F)cc2C(F)(F)F)c2c(C(F)(F)F)cc(C(F)(F)F)cc2C(F)(F)F)n1. The highest BCUT2D eigenvalue weighted by Crippen LogP contribution is 2.51. The number of benzene rings is 2. The first-order valence-corrected chi connectivity index (χ1v) is 12.5. The van der Waals surface area contributed by atoms with Crippen molar-refractivity contribution in [2.75, 3.05) is 7.11 Å². The molecule has 0 unspecified atom stereocenters. The normalized spacial score (nSPS) is 13.9. The molecule has 0 radical (unpaired) electrons. The summed E-state index contributed by atoms with van der Waals surface area (Å²) in [4.78, 5) is 3.37. The number of pyridine rings is 1. The zero-order valence-electron chi connectivity index (χ0n) is 21.1. The van der Waals surface area contributed by atoms with Gasteiger partial charge in [-0.3, -0.25) is 0 Å². The molecule has 3 rings (SSSR count). The lowest BCUT2D eigenvalue weighted by Crippen LogP contribution is -2.39. The van der Waals surface area contributed by atoms with E-state index in [4.69, 9.17) is 0 Å². The minimum absolute atomic E-state index is 0.337. The van der Waals surface area contributed by atoms with E-state index in [0.717, 1.165) is 13.2 Å². The summed E-state index contributed by atoms with van der Waals surface area (Å²) in [6.07, 6.45) is -37.2. The lowest BCUT2D eigenvalue weighted by molar-refractivity contribution is -0.149. The Morgan fingerprint density at radius 3 is 1.04 bits per heavy atom. The van der Waals surface area contributed by atoms with Crippen molar-refractivity contribution in [2.24, 2.45) is 0 Å². The first-order chi connectivity index (χ1) is 20.1. The van der Waals surface area contributed by atoms with E-state index in [0.29, 0.717) is 12.1 Å². The molecule has 0 aliphatic rings. The van der Waals surface area contributed by atoms with Crippen molar-refractivity contribution < 1.29 is 83.8 Å². The number of methoxy groups -OCH3 is 1. The Hall–Kier alpha value is -3.44. The molecule has 0 saturated carbocycles. The van der Waals surface area contributed by atoms with Gasteiger partial charge in [0.1, 0.15) is 0 Å². The summed E-state index contributed by atoms with van der Waals surface area (Å²) in [5.41, 5.74) is -18.6. The fourth-order valence-electron chi connectivity index (χ4n) is 3.93. The van der Waals surface area contributed by atoms with Gasteiger partial charge >= 0.3 is 37.1 Å². The molecule has 1 heterocycles. The van der Waals surface area contributed by atoms with Crippen molar-refractivity contribution in [1.29, 1.82) is 0 Å². The van der Waals surface area contributed by atoms with Crippen LogP contribution in [0, 0.1) is 0 Å². The van der Waals surface area contributed by atoms with E-state index in [-0.39, 0.29) is 0 Å². The van der Waals surface area contributed by atoms with Gasteiger partial charge in [-0.15, -0.1) is 0 Å². The van der Waals surface area contributed by atoms with Gasteiger partial charge in [0.25, 0.3) is 0 Å². The predicted octanol–water partition coefficient (Wildman–Crippen LogP) is 8.96. The summed E-state index contributed by atoms with van der Waals surface area (Å²) in [7, 11) is -3.95. The molecule has 0 atom stereocenters. The van der Waals surface area contributed by atoms with Gasteiger partial charge in [0.15, 0.2) is 0 Å². The molecule has 0 bridgehead atoms. The highest BCUT2D eigenvalue weighted by molar-refractivity contribution is 7.80. The zero-order chi connectivity index (χ0) is 34.7. The van der Waals surface area contributed by atoms with Crippen LogP contribution in [-0.2, 0) is 37.1 Å². The molecule has 0 aliphatic heterocycles. The van der Waals surface area contributed by atoms with Gasteiger partial charge < -0.3 is 4.74 Å². The van der Waals surface area contributed by atoms with Crippen LogP contribution in [0.1, 0.15) is 33.4 Å². The van der Waals surface area contributed by atoms with Gasteiger partial charge in [-0.2, -0.15) is 79.0 Å². The Labute approximate surface area is 239 Å². The molecule has 45 heavy (non-hydrogen) atoms. The topological polar surface area (TPSA) is 22.1 Å². The van der Waals surface area contributed by atoms with Crippen molar-refractivity contribution in [3.8, 4) is 5.88 Å². The van der Waals surface area contributed by atoms with Crippen LogP contribution in [0.3, 0.4) is 0 Å². The van der Waals surface area contributed by atoms with Crippen LogP contribution in [0.5, 0.6) is 5.88 Å². The second kappa shape index (κ2) is 11.4. The van der Waals surface area contributed by atoms with Crippen molar-refractivity contribution in [2.45, 2.75) is 37.1 Å². The first-order valence-electron chi connectivity index (χ1n) is 11.2. The Balaban J connectivity index is 2.82. The summed E-state index contributed by atoms with van der Waals surface area (Å²) in [6, 6.07) is -2.10. The van der Waals surface area contributed by atoms with Crippen LogP contribution in [0.25, 0.3) is 0 Å². The van der Waals surface area contributed by atoms with Crippen molar-refractivity contribution >= 4 is 24.0 Å². The summed E-state index contributed by atoms with van der Waals surface area (Å²) in [6.45, 7) is 0. The molecule has 248 valence electrons. The lowest BCUT2D eigenvalue weighted by Gasteiger charge is -2.31. The number of nitrogens with zero attached hydrogens (tertiary/aromatic N) is 1. The number of alkyl halides is 18. The number of hydrogen-bond donors (Lipinski definition) is 0. The van der Waals surface area contributed by atoms with Gasteiger partial charge in [-0.05, 0) is 30.3 Å². The van der Waals surface area contributed by atoms with Crippen molar-refractivity contribution in [1.82, 2.24) is 4.98 Å². The lowest BCUT2D eigenvalue weighted by atomic mass is 10.0. The fraction of sp³-hybridized carbons (Fsp3) is 0.292. The van der Waals surface area contributed by atoms with Crippen LogP contribution < -0.4 is 20.8 Å². The molecule has 0 fully saturated rings. The number of aromatic nitrogens is 1. The van der Waals surface area contributed by atoms with Crippen LogP contribution in [0.15, 0.2) is 42.5 Å². The molecular weight excluding hydrogens is 691 g/mol. The molecular formula is C24H10F18NOP. The fourth-order valence-corrected chi connectivity index (χ4v) is 6.77. The standard InChI is InChI=1S/C24H10F18NOP/c1-44-15-3-2-4-16(43-15)45(17-11(21(31,32)33)5-9(19(25,26)27)6-12(17)22(34,35)36)18-13(23(37,38)39)7-10(20(28,29)30)8-14(18)24(40,41)42/h2-8H,1H3. The zero-order valence-corrected chi connectivity index (χ0v) is 22.0. The maximum absolute atomic E-state index is 14.2. The van der Waals surface area contributed by atoms with E-state index in [9.17, 15) is 79.0 Å². The van der Waals surface area contributed by atoms with Crippen LogP contribution >= 0.6 is 7.92 Å². The largest absolute Gasteiger partial charge is 0.481 e. The van der Waals surface area contributed by atoms with Gasteiger partial charge in [-0.1, -0.05) is 6.07 Å². The summed E-state index contributed by atoms with van der Waals surface area (Å²) >= 11 is 0. The van der Waals surface area contributed by atoms with E-state index < -0.39 is 125 Å². The average Bonchev–Trinajstić information content (AvgIpc) is 2.85. The van der Waals surface area contributed by atoms with E-state index in [1.807, 2.05) is 0 Å². The highest BCUT2D eigenvalue weighted by Gasteiger charge is 2.52. The maximum atomic E-state index is 14.2. The van der Waals surface area contributed by atoms with Gasteiger partial charge in [0.2, 0.25) is 5.88 Å². The van der Waals surface area contributed by atoms with Crippen LogP contribution in [0.2, 0.25) is 0 Å². The number of halogens is 18. The smallest absolute Gasteiger partial charge is 0.417 e. The quantitative estimate of drug-likeness (QED) is 0.200. The molecule has 1 aromatic heterocycles. The maximum Gasteiger partial charge on any atom is 0.417 e.